The third kappa shape index (κ3) is 3.44. The molecule has 1 N–H and O–H groups in total. The lowest BCUT2D eigenvalue weighted by Crippen LogP contribution is -2.19. The van der Waals surface area contributed by atoms with E-state index in [9.17, 15) is 9.18 Å². The van der Waals surface area contributed by atoms with E-state index in [1.54, 1.807) is 31.4 Å². The summed E-state index contributed by atoms with van der Waals surface area (Å²) in [5, 5.41) is 3.15. The fourth-order valence-electron chi connectivity index (χ4n) is 3.04. The first-order chi connectivity index (χ1) is 13.6. The summed E-state index contributed by atoms with van der Waals surface area (Å²) in [6, 6.07) is 19.0. The molecule has 0 radical (unpaired) electrons. The van der Waals surface area contributed by atoms with E-state index >= 15 is 0 Å². The number of halogens is 1. The maximum Gasteiger partial charge on any atom is 0.280 e. The Hall–Kier alpha value is -3.67. The van der Waals surface area contributed by atoms with E-state index in [-0.39, 0.29) is 11.4 Å². The second-order valence-electron chi connectivity index (χ2n) is 6.33. The fourth-order valence-corrected chi connectivity index (χ4v) is 3.04. The van der Waals surface area contributed by atoms with Gasteiger partial charge in [0.2, 0.25) is 0 Å². The van der Waals surface area contributed by atoms with Gasteiger partial charge in [-0.3, -0.25) is 14.9 Å². The smallest absolute Gasteiger partial charge is 0.280 e. The highest BCUT2D eigenvalue weighted by atomic mass is 19.1. The second kappa shape index (κ2) is 7.52. The van der Waals surface area contributed by atoms with Crippen molar-refractivity contribution in [3.63, 3.8) is 0 Å². The summed E-state index contributed by atoms with van der Waals surface area (Å²) < 4.78 is 20.0. The van der Waals surface area contributed by atoms with Crippen molar-refractivity contribution in [3.8, 4) is 16.9 Å². The third-order valence-corrected chi connectivity index (χ3v) is 4.45. The van der Waals surface area contributed by atoms with Crippen LogP contribution in [0.1, 0.15) is 18.2 Å². The molecule has 2 aromatic heterocycles. The molecule has 0 fully saturated rings. The largest absolute Gasteiger partial charge is 0.467 e. The van der Waals surface area contributed by atoms with E-state index in [1.165, 1.54) is 16.8 Å². The van der Waals surface area contributed by atoms with Crippen LogP contribution < -0.4 is 5.56 Å². The number of aliphatic imine (C=N–C) groups is 1. The Labute approximate surface area is 160 Å². The van der Waals surface area contributed by atoms with Gasteiger partial charge < -0.3 is 4.42 Å². The van der Waals surface area contributed by atoms with E-state index in [1.807, 2.05) is 36.4 Å². The summed E-state index contributed by atoms with van der Waals surface area (Å²) in [6.07, 6.45) is 1.59. The molecule has 4 aromatic rings. The van der Waals surface area contributed by atoms with Crippen LogP contribution in [0.15, 0.2) is 87.2 Å². The fraction of sp³-hybridized carbons (Fsp3) is 0.0909. The zero-order chi connectivity index (χ0) is 19.5. The number of hydrogen-bond donors (Lipinski definition) is 1. The van der Waals surface area contributed by atoms with Gasteiger partial charge in [0.05, 0.1) is 29.8 Å². The Bertz CT molecular complexity index is 1150. The SMILES string of the molecule is CC(=NCc1ccco1)c1c(-c2ccccc2)[nH]n(-c2ccc(F)cc2)c1=O. The number of benzene rings is 2. The lowest BCUT2D eigenvalue weighted by atomic mass is 10.1. The molecule has 0 aliphatic rings. The van der Waals surface area contributed by atoms with Crippen LogP contribution in [-0.2, 0) is 6.54 Å². The van der Waals surface area contributed by atoms with Crippen molar-refractivity contribution in [1.29, 1.82) is 0 Å². The molecule has 4 rings (SSSR count). The third-order valence-electron chi connectivity index (χ3n) is 4.45. The molecule has 0 bridgehead atoms. The van der Waals surface area contributed by atoms with Gasteiger partial charge in [0.15, 0.2) is 0 Å². The van der Waals surface area contributed by atoms with Gasteiger partial charge in [0.25, 0.3) is 5.56 Å². The molecular formula is C22H18FN3O2. The van der Waals surface area contributed by atoms with E-state index < -0.39 is 0 Å². The summed E-state index contributed by atoms with van der Waals surface area (Å²) in [6.45, 7) is 2.14. The Balaban J connectivity index is 1.84. The molecule has 0 aliphatic carbocycles. The zero-order valence-corrected chi connectivity index (χ0v) is 15.2. The number of furan rings is 1. The van der Waals surface area contributed by atoms with Crippen LogP contribution >= 0.6 is 0 Å². The number of H-pyrrole nitrogens is 1. The molecule has 0 aliphatic heterocycles. The first-order valence-corrected chi connectivity index (χ1v) is 8.83. The van der Waals surface area contributed by atoms with Crippen LogP contribution in [0.2, 0.25) is 0 Å². The standard InChI is InChI=1S/C22H18FN3O2/c1-15(24-14-19-8-5-13-28-19)20-21(16-6-3-2-4-7-16)25-26(22(20)27)18-11-9-17(23)10-12-18/h2-13,25H,14H2,1H3. The molecule has 0 spiro atoms. The van der Waals surface area contributed by atoms with Crippen molar-refractivity contribution < 1.29 is 8.81 Å². The minimum absolute atomic E-state index is 0.244. The molecule has 0 unspecified atom stereocenters. The maximum absolute atomic E-state index is 13.3. The summed E-state index contributed by atoms with van der Waals surface area (Å²) in [7, 11) is 0. The average molecular weight is 375 g/mol. The Morgan fingerprint density at radius 2 is 1.82 bits per heavy atom. The van der Waals surface area contributed by atoms with Crippen molar-refractivity contribution in [3.05, 3.63) is 100 Å². The van der Waals surface area contributed by atoms with Gasteiger partial charge in [0.1, 0.15) is 11.6 Å². The summed E-state index contributed by atoms with van der Waals surface area (Å²) in [5.41, 5.74) is 2.90. The molecule has 28 heavy (non-hydrogen) atoms. The van der Waals surface area contributed by atoms with Gasteiger partial charge in [0, 0.05) is 11.3 Å². The van der Waals surface area contributed by atoms with Crippen LogP contribution in [0.5, 0.6) is 0 Å². The first-order valence-electron chi connectivity index (χ1n) is 8.83. The van der Waals surface area contributed by atoms with Gasteiger partial charge in [-0.05, 0) is 43.3 Å². The topological polar surface area (TPSA) is 63.3 Å². The van der Waals surface area contributed by atoms with Crippen LogP contribution in [0.3, 0.4) is 0 Å². The molecule has 2 aromatic carbocycles. The number of nitrogens with zero attached hydrogens (tertiary/aromatic N) is 2. The lowest BCUT2D eigenvalue weighted by molar-refractivity contribution is 0.513. The van der Waals surface area contributed by atoms with E-state index in [2.05, 4.69) is 10.1 Å². The van der Waals surface area contributed by atoms with Crippen LogP contribution in [0, 0.1) is 5.82 Å². The zero-order valence-electron chi connectivity index (χ0n) is 15.2. The number of hydrogen-bond acceptors (Lipinski definition) is 3. The molecule has 0 amide bonds. The predicted molar refractivity (Wildman–Crippen MR) is 106 cm³/mol. The maximum atomic E-state index is 13.3. The molecule has 5 nitrogen and oxygen atoms in total. The van der Waals surface area contributed by atoms with Crippen molar-refractivity contribution in [2.24, 2.45) is 4.99 Å². The van der Waals surface area contributed by atoms with Gasteiger partial charge >= 0.3 is 0 Å². The highest BCUT2D eigenvalue weighted by Crippen LogP contribution is 2.22. The van der Waals surface area contributed by atoms with Crippen molar-refractivity contribution >= 4 is 5.71 Å². The normalized spacial score (nSPS) is 11.7. The first kappa shape index (κ1) is 17.7. The van der Waals surface area contributed by atoms with E-state index in [0.29, 0.717) is 29.2 Å². The van der Waals surface area contributed by atoms with Crippen molar-refractivity contribution in [2.45, 2.75) is 13.5 Å². The van der Waals surface area contributed by atoms with Gasteiger partial charge in [-0.25, -0.2) is 9.07 Å². The monoisotopic (exact) mass is 375 g/mol. The van der Waals surface area contributed by atoms with Crippen molar-refractivity contribution in [2.75, 3.05) is 0 Å². The lowest BCUT2D eigenvalue weighted by Gasteiger charge is -2.03. The number of aromatic amines is 1. The quantitative estimate of drug-likeness (QED) is 0.519. The molecule has 0 saturated carbocycles. The molecule has 2 heterocycles. The minimum Gasteiger partial charge on any atom is -0.467 e. The van der Waals surface area contributed by atoms with Crippen LogP contribution in [0.25, 0.3) is 16.9 Å². The summed E-state index contributed by atoms with van der Waals surface area (Å²) >= 11 is 0. The highest BCUT2D eigenvalue weighted by Gasteiger charge is 2.19. The summed E-state index contributed by atoms with van der Waals surface area (Å²) in [4.78, 5) is 17.7. The van der Waals surface area contributed by atoms with Gasteiger partial charge in [-0.15, -0.1) is 0 Å². The summed E-state index contributed by atoms with van der Waals surface area (Å²) in [5.74, 6) is 0.359. The highest BCUT2D eigenvalue weighted by molar-refractivity contribution is 6.03. The van der Waals surface area contributed by atoms with Gasteiger partial charge in [-0.2, -0.15) is 0 Å². The molecule has 6 heteroatoms. The van der Waals surface area contributed by atoms with E-state index in [0.717, 1.165) is 11.3 Å². The van der Waals surface area contributed by atoms with Gasteiger partial charge in [-0.1, -0.05) is 30.3 Å². The Morgan fingerprint density at radius 1 is 1.07 bits per heavy atom. The second-order valence-corrected chi connectivity index (χ2v) is 6.33. The van der Waals surface area contributed by atoms with Crippen LogP contribution in [-0.4, -0.2) is 15.5 Å². The Kier molecular flexibility index (Phi) is 4.76. The van der Waals surface area contributed by atoms with Crippen LogP contribution in [0.4, 0.5) is 4.39 Å². The number of rotatable bonds is 5. The predicted octanol–water partition coefficient (Wildman–Crippen LogP) is 4.57. The van der Waals surface area contributed by atoms with E-state index in [4.69, 9.17) is 4.42 Å². The number of aromatic nitrogens is 2. The molecule has 0 atom stereocenters. The Morgan fingerprint density at radius 3 is 2.50 bits per heavy atom. The molecule has 140 valence electrons. The molecule has 0 saturated heterocycles. The minimum atomic E-state index is -0.358. The van der Waals surface area contributed by atoms with Crippen molar-refractivity contribution in [1.82, 2.24) is 9.78 Å². The average Bonchev–Trinajstić information content (AvgIpc) is 3.35. The molecular weight excluding hydrogens is 357 g/mol. The number of nitrogens with one attached hydrogen (secondary N) is 1.